The first-order valence-corrected chi connectivity index (χ1v) is 8.75. The number of carbonyl (C=O) groups excluding carboxylic acids is 1. The summed E-state index contributed by atoms with van der Waals surface area (Å²) in [7, 11) is -3.41. The Morgan fingerprint density at radius 2 is 1.96 bits per heavy atom. The summed E-state index contributed by atoms with van der Waals surface area (Å²) in [6.45, 7) is 0.369. The van der Waals surface area contributed by atoms with Crippen molar-refractivity contribution in [1.82, 2.24) is 9.62 Å². The molecule has 1 fully saturated rings. The van der Waals surface area contributed by atoms with Gasteiger partial charge in [-0.05, 0) is 12.5 Å². The van der Waals surface area contributed by atoms with Gasteiger partial charge < -0.3 is 10.0 Å². The van der Waals surface area contributed by atoms with Crippen molar-refractivity contribution in [3.63, 3.8) is 0 Å². The van der Waals surface area contributed by atoms with E-state index >= 15 is 0 Å². The lowest BCUT2D eigenvalue weighted by molar-refractivity contribution is -0.384. The zero-order valence-corrected chi connectivity index (χ0v) is 13.4. The van der Waals surface area contributed by atoms with Crippen LogP contribution in [0.2, 0.25) is 0 Å². The molecule has 1 saturated heterocycles. The van der Waals surface area contributed by atoms with Crippen LogP contribution in [0.25, 0.3) is 0 Å². The third-order valence-corrected chi connectivity index (χ3v) is 4.24. The number of carboxylic acid groups (broad SMARTS) is 1. The average Bonchev–Trinajstić information content (AvgIpc) is 2.92. The standard InChI is InChI=1S/C13H15N3O7S/c1-24(22,23)14-10-2-3-15(7-10)12(17)8-4-9(13(18)19)6-11(5-8)16(20)21/h4-6,10,14H,2-3,7H2,1H3,(H,18,19). The van der Waals surface area contributed by atoms with Crippen LogP contribution in [0, 0.1) is 10.1 Å². The molecular weight excluding hydrogens is 342 g/mol. The van der Waals surface area contributed by atoms with Gasteiger partial charge in [-0.2, -0.15) is 0 Å². The molecule has 1 atom stereocenters. The molecule has 10 nitrogen and oxygen atoms in total. The van der Waals surface area contributed by atoms with Crippen LogP contribution in [-0.2, 0) is 10.0 Å². The fourth-order valence-electron chi connectivity index (χ4n) is 2.49. The summed E-state index contributed by atoms with van der Waals surface area (Å²) in [5.41, 5.74) is -0.984. The van der Waals surface area contributed by atoms with Crippen molar-refractivity contribution < 1.29 is 28.0 Å². The van der Waals surface area contributed by atoms with Crippen molar-refractivity contribution in [1.29, 1.82) is 0 Å². The second-order valence-electron chi connectivity index (χ2n) is 5.46. The van der Waals surface area contributed by atoms with Crippen molar-refractivity contribution in [2.75, 3.05) is 19.3 Å². The summed E-state index contributed by atoms with van der Waals surface area (Å²) < 4.78 is 24.8. The summed E-state index contributed by atoms with van der Waals surface area (Å²) in [6, 6.07) is 2.50. The number of nitrogens with one attached hydrogen (secondary N) is 1. The molecule has 1 aliphatic rings. The lowest BCUT2D eigenvalue weighted by atomic mass is 10.1. The average molecular weight is 357 g/mol. The molecule has 24 heavy (non-hydrogen) atoms. The molecule has 11 heteroatoms. The molecule has 0 spiro atoms. The highest BCUT2D eigenvalue weighted by Crippen LogP contribution is 2.21. The summed E-state index contributed by atoms with van der Waals surface area (Å²) in [4.78, 5) is 34.9. The Bertz CT molecular complexity index is 774. The first kappa shape index (κ1) is 17.8. The number of aromatic carboxylic acids is 1. The van der Waals surface area contributed by atoms with Gasteiger partial charge in [-0.3, -0.25) is 14.9 Å². The fourth-order valence-corrected chi connectivity index (χ4v) is 3.29. The van der Waals surface area contributed by atoms with E-state index in [0.717, 1.165) is 24.5 Å². The van der Waals surface area contributed by atoms with Crippen molar-refractivity contribution in [2.45, 2.75) is 12.5 Å². The van der Waals surface area contributed by atoms with Gasteiger partial charge in [0.1, 0.15) is 0 Å². The number of amides is 1. The molecule has 1 unspecified atom stereocenters. The maximum absolute atomic E-state index is 12.4. The highest BCUT2D eigenvalue weighted by atomic mass is 32.2. The lowest BCUT2D eigenvalue weighted by Crippen LogP contribution is -2.37. The number of sulfonamides is 1. The van der Waals surface area contributed by atoms with Gasteiger partial charge in [-0.1, -0.05) is 0 Å². The Morgan fingerprint density at radius 1 is 1.33 bits per heavy atom. The van der Waals surface area contributed by atoms with Crippen LogP contribution < -0.4 is 4.72 Å². The van der Waals surface area contributed by atoms with Gasteiger partial charge in [-0.15, -0.1) is 0 Å². The molecule has 1 aliphatic heterocycles. The zero-order chi connectivity index (χ0) is 18.1. The van der Waals surface area contributed by atoms with Gasteiger partial charge in [0, 0.05) is 36.8 Å². The van der Waals surface area contributed by atoms with Crippen molar-refractivity contribution in [3.8, 4) is 0 Å². The van der Waals surface area contributed by atoms with Crippen LogP contribution in [-0.4, -0.2) is 60.6 Å². The summed E-state index contributed by atoms with van der Waals surface area (Å²) >= 11 is 0. The molecule has 2 rings (SSSR count). The van der Waals surface area contributed by atoms with Crippen molar-refractivity contribution in [3.05, 3.63) is 39.4 Å². The molecule has 130 valence electrons. The first-order chi connectivity index (χ1) is 11.1. The minimum Gasteiger partial charge on any atom is -0.478 e. The predicted molar refractivity (Wildman–Crippen MR) is 82.3 cm³/mol. The van der Waals surface area contributed by atoms with E-state index in [2.05, 4.69) is 4.72 Å². The van der Waals surface area contributed by atoms with E-state index < -0.39 is 38.6 Å². The number of benzene rings is 1. The smallest absolute Gasteiger partial charge is 0.335 e. The number of nitro groups is 1. The summed E-state index contributed by atoms with van der Waals surface area (Å²) in [6.07, 6.45) is 1.41. The topological polar surface area (TPSA) is 147 Å². The van der Waals surface area contributed by atoms with Crippen LogP contribution >= 0.6 is 0 Å². The highest BCUT2D eigenvalue weighted by molar-refractivity contribution is 7.88. The second-order valence-corrected chi connectivity index (χ2v) is 7.24. The number of carbonyl (C=O) groups is 2. The molecule has 1 heterocycles. The van der Waals surface area contributed by atoms with Gasteiger partial charge in [0.2, 0.25) is 10.0 Å². The monoisotopic (exact) mass is 357 g/mol. The summed E-state index contributed by atoms with van der Waals surface area (Å²) in [5.74, 6) is -1.97. The number of nitro benzene ring substituents is 1. The van der Waals surface area contributed by atoms with E-state index in [1.54, 1.807) is 0 Å². The second kappa shape index (κ2) is 6.53. The number of hydrogen-bond donors (Lipinski definition) is 2. The van der Waals surface area contributed by atoms with Crippen LogP contribution in [0.4, 0.5) is 5.69 Å². The van der Waals surface area contributed by atoms with Gasteiger partial charge in [0.05, 0.1) is 16.7 Å². The lowest BCUT2D eigenvalue weighted by Gasteiger charge is -2.17. The van der Waals surface area contributed by atoms with Crippen molar-refractivity contribution >= 4 is 27.6 Å². The first-order valence-electron chi connectivity index (χ1n) is 6.86. The molecule has 0 aromatic heterocycles. The largest absolute Gasteiger partial charge is 0.478 e. The number of likely N-dealkylation sites (tertiary alicyclic amines) is 1. The molecule has 2 N–H and O–H groups in total. The summed E-state index contributed by atoms with van der Waals surface area (Å²) in [5, 5.41) is 19.9. The molecular formula is C13H15N3O7S. The van der Waals surface area contributed by atoms with E-state index in [1.807, 2.05) is 0 Å². The predicted octanol–water partition coefficient (Wildman–Crippen LogP) is 0.0567. The number of rotatable bonds is 5. The van der Waals surface area contributed by atoms with Crippen LogP contribution in [0.1, 0.15) is 27.1 Å². The maximum atomic E-state index is 12.4. The van der Waals surface area contributed by atoms with E-state index in [9.17, 15) is 28.1 Å². The normalized spacial score (nSPS) is 17.7. The SMILES string of the molecule is CS(=O)(=O)NC1CCN(C(=O)c2cc(C(=O)O)cc([N+](=O)[O-])c2)C1. The van der Waals surface area contributed by atoms with Crippen molar-refractivity contribution in [2.24, 2.45) is 0 Å². The third kappa shape index (κ3) is 4.26. The third-order valence-electron chi connectivity index (χ3n) is 3.48. The van der Waals surface area contributed by atoms with Crippen LogP contribution in [0.15, 0.2) is 18.2 Å². The number of hydrogen-bond acceptors (Lipinski definition) is 6. The molecule has 1 amide bonds. The van der Waals surface area contributed by atoms with Gasteiger partial charge in [0.25, 0.3) is 11.6 Å². The number of non-ortho nitro benzene ring substituents is 1. The molecule has 1 aromatic rings. The highest BCUT2D eigenvalue weighted by Gasteiger charge is 2.29. The number of carboxylic acids is 1. The van der Waals surface area contributed by atoms with E-state index in [4.69, 9.17) is 5.11 Å². The number of nitrogens with zero attached hydrogens (tertiary/aromatic N) is 2. The molecule has 0 aliphatic carbocycles. The zero-order valence-electron chi connectivity index (χ0n) is 12.6. The Kier molecular flexibility index (Phi) is 4.85. The van der Waals surface area contributed by atoms with Crippen LogP contribution in [0.5, 0.6) is 0 Å². The quantitative estimate of drug-likeness (QED) is 0.559. The fraction of sp³-hybridized carbons (Fsp3) is 0.385. The Morgan fingerprint density at radius 3 is 2.50 bits per heavy atom. The van der Waals surface area contributed by atoms with Gasteiger partial charge in [0.15, 0.2) is 0 Å². The van der Waals surface area contributed by atoms with Gasteiger partial charge >= 0.3 is 5.97 Å². The minimum absolute atomic E-state index is 0.108. The van der Waals surface area contributed by atoms with Gasteiger partial charge in [-0.25, -0.2) is 17.9 Å². The molecule has 0 bridgehead atoms. The van der Waals surface area contributed by atoms with E-state index in [-0.39, 0.29) is 24.2 Å². The minimum atomic E-state index is -3.41. The Hall–Kier alpha value is -2.53. The molecule has 0 saturated carbocycles. The van der Waals surface area contributed by atoms with E-state index in [1.165, 1.54) is 4.90 Å². The molecule has 0 radical (unpaired) electrons. The maximum Gasteiger partial charge on any atom is 0.335 e. The molecule has 1 aromatic carbocycles. The Balaban J connectivity index is 2.24. The Labute approximate surface area is 137 Å². The van der Waals surface area contributed by atoms with E-state index in [0.29, 0.717) is 6.42 Å². The van der Waals surface area contributed by atoms with Crippen LogP contribution in [0.3, 0.4) is 0 Å².